The third-order valence-corrected chi connectivity index (χ3v) is 6.28. The van der Waals surface area contributed by atoms with Gasteiger partial charge in [0.15, 0.2) is 6.61 Å². The number of amides is 3. The number of hydrogen-bond donors (Lipinski definition) is 2. The van der Waals surface area contributed by atoms with Gasteiger partial charge in [0.25, 0.3) is 5.91 Å². The predicted octanol–water partition coefficient (Wildman–Crippen LogP) is 3.19. The quantitative estimate of drug-likeness (QED) is 0.788. The summed E-state index contributed by atoms with van der Waals surface area (Å²) in [5.74, 6) is -0.476. The molecule has 1 atom stereocenters. The number of fused-ring (bicyclic) bond motifs is 1. The summed E-state index contributed by atoms with van der Waals surface area (Å²) < 4.78 is 5.06. The monoisotopic (exact) mass is 378 g/mol. The Balaban J connectivity index is 1.42. The molecule has 1 aromatic heterocycles. The Kier molecular flexibility index (Phi) is 6.29. The highest BCUT2D eigenvalue weighted by Gasteiger charge is 2.22. The SMILES string of the molecule is C[C@@H]1CCc2sc(C(=O)OCC(=O)NC(=O)NC3CCCCC3)cc2C1. The van der Waals surface area contributed by atoms with Gasteiger partial charge in [-0.15, -0.1) is 11.3 Å². The summed E-state index contributed by atoms with van der Waals surface area (Å²) in [6.07, 6.45) is 8.40. The maximum Gasteiger partial charge on any atom is 0.348 e. The van der Waals surface area contributed by atoms with Gasteiger partial charge in [-0.25, -0.2) is 9.59 Å². The Hall–Kier alpha value is -1.89. The first-order valence-electron chi connectivity index (χ1n) is 9.40. The minimum absolute atomic E-state index is 0.124. The molecule has 1 aromatic rings. The number of imide groups is 1. The van der Waals surface area contributed by atoms with Crippen LogP contribution in [-0.2, 0) is 22.4 Å². The van der Waals surface area contributed by atoms with E-state index in [0.29, 0.717) is 10.8 Å². The normalized spacial score (nSPS) is 20.1. The summed E-state index contributed by atoms with van der Waals surface area (Å²) in [6.45, 7) is 1.76. The number of urea groups is 1. The van der Waals surface area contributed by atoms with Crippen LogP contribution in [0.4, 0.5) is 4.79 Å². The smallest absolute Gasteiger partial charge is 0.348 e. The molecule has 2 aliphatic rings. The van der Waals surface area contributed by atoms with Gasteiger partial charge < -0.3 is 10.1 Å². The fraction of sp³-hybridized carbons (Fsp3) is 0.632. The maximum absolute atomic E-state index is 12.2. The molecule has 0 saturated heterocycles. The van der Waals surface area contributed by atoms with Crippen LogP contribution in [-0.4, -0.2) is 30.6 Å². The number of hydrogen-bond acceptors (Lipinski definition) is 5. The molecule has 0 unspecified atom stereocenters. The van der Waals surface area contributed by atoms with E-state index in [1.807, 2.05) is 6.07 Å². The lowest BCUT2D eigenvalue weighted by atomic mass is 9.90. The third kappa shape index (κ3) is 5.06. The minimum atomic E-state index is -0.610. The number of carbonyl (C=O) groups is 3. The molecule has 2 N–H and O–H groups in total. The van der Waals surface area contributed by atoms with Crippen molar-refractivity contribution in [2.24, 2.45) is 5.92 Å². The zero-order valence-corrected chi connectivity index (χ0v) is 16.0. The molecule has 3 amide bonds. The molecule has 0 radical (unpaired) electrons. The average molecular weight is 378 g/mol. The van der Waals surface area contributed by atoms with Crippen molar-refractivity contribution in [3.05, 3.63) is 21.4 Å². The lowest BCUT2D eigenvalue weighted by Crippen LogP contribution is -2.46. The second-order valence-corrected chi connectivity index (χ2v) is 8.48. The van der Waals surface area contributed by atoms with Crippen LogP contribution in [0.1, 0.15) is 65.6 Å². The number of ether oxygens (including phenoxy) is 1. The van der Waals surface area contributed by atoms with Gasteiger partial charge in [0.1, 0.15) is 4.88 Å². The first kappa shape index (κ1) is 18.9. The number of esters is 1. The number of aryl methyl sites for hydroxylation is 1. The first-order chi connectivity index (χ1) is 12.5. The van der Waals surface area contributed by atoms with E-state index in [1.165, 1.54) is 28.2 Å². The molecule has 3 rings (SSSR count). The summed E-state index contributed by atoms with van der Waals surface area (Å²) >= 11 is 1.45. The van der Waals surface area contributed by atoms with Crippen molar-refractivity contribution in [2.45, 2.75) is 64.3 Å². The van der Waals surface area contributed by atoms with Gasteiger partial charge in [-0.05, 0) is 49.7 Å². The van der Waals surface area contributed by atoms with Crippen LogP contribution in [0, 0.1) is 5.92 Å². The highest BCUT2D eigenvalue weighted by molar-refractivity contribution is 7.14. The van der Waals surface area contributed by atoms with Gasteiger partial charge in [0, 0.05) is 10.9 Å². The second-order valence-electron chi connectivity index (χ2n) is 7.34. The molecule has 7 heteroatoms. The molecular weight excluding hydrogens is 352 g/mol. The Morgan fingerprint density at radius 1 is 1.19 bits per heavy atom. The average Bonchev–Trinajstić information content (AvgIpc) is 3.03. The standard InChI is InChI=1S/C19H26N2O4S/c1-12-7-8-15-13(9-12)10-16(26-15)18(23)25-11-17(22)21-19(24)20-14-5-3-2-4-6-14/h10,12,14H,2-9,11H2,1H3,(H2,20,21,22,24)/t12-/m1/s1. The predicted molar refractivity (Wildman–Crippen MR) is 99.3 cm³/mol. The summed E-state index contributed by atoms with van der Waals surface area (Å²) in [5, 5.41) is 5.02. The highest BCUT2D eigenvalue weighted by Crippen LogP contribution is 2.32. The molecule has 2 aliphatic carbocycles. The molecule has 0 spiro atoms. The van der Waals surface area contributed by atoms with Crippen molar-refractivity contribution in [1.82, 2.24) is 10.6 Å². The topological polar surface area (TPSA) is 84.5 Å². The van der Waals surface area contributed by atoms with E-state index in [9.17, 15) is 14.4 Å². The zero-order valence-electron chi connectivity index (χ0n) is 15.1. The van der Waals surface area contributed by atoms with Crippen LogP contribution in [0.3, 0.4) is 0 Å². The summed E-state index contributed by atoms with van der Waals surface area (Å²) in [5.41, 5.74) is 1.22. The largest absolute Gasteiger partial charge is 0.451 e. The van der Waals surface area contributed by atoms with Crippen molar-refractivity contribution in [3.8, 4) is 0 Å². The fourth-order valence-electron chi connectivity index (χ4n) is 3.64. The molecule has 1 heterocycles. The minimum Gasteiger partial charge on any atom is -0.451 e. The number of nitrogens with one attached hydrogen (secondary N) is 2. The molecule has 26 heavy (non-hydrogen) atoms. The van der Waals surface area contributed by atoms with Gasteiger partial charge in [0.2, 0.25) is 0 Å². The van der Waals surface area contributed by atoms with E-state index >= 15 is 0 Å². The summed E-state index contributed by atoms with van der Waals surface area (Å²) in [6, 6.07) is 1.49. The molecular formula is C19H26N2O4S. The van der Waals surface area contributed by atoms with Crippen molar-refractivity contribution < 1.29 is 19.1 Å². The van der Waals surface area contributed by atoms with Gasteiger partial charge >= 0.3 is 12.0 Å². The van der Waals surface area contributed by atoms with E-state index in [4.69, 9.17) is 4.74 Å². The van der Waals surface area contributed by atoms with Gasteiger partial charge in [-0.3, -0.25) is 10.1 Å². The Bertz CT molecular complexity index is 679. The van der Waals surface area contributed by atoms with Crippen molar-refractivity contribution in [2.75, 3.05) is 6.61 Å². The van der Waals surface area contributed by atoms with Gasteiger partial charge in [-0.2, -0.15) is 0 Å². The van der Waals surface area contributed by atoms with Crippen LogP contribution in [0.15, 0.2) is 6.07 Å². The fourth-order valence-corrected chi connectivity index (χ4v) is 4.74. The molecule has 1 saturated carbocycles. The number of thiophene rings is 1. The first-order valence-corrected chi connectivity index (χ1v) is 10.2. The maximum atomic E-state index is 12.2. The Morgan fingerprint density at radius 2 is 1.96 bits per heavy atom. The van der Waals surface area contributed by atoms with Crippen molar-refractivity contribution >= 4 is 29.2 Å². The molecule has 0 aromatic carbocycles. The van der Waals surface area contributed by atoms with Crippen LogP contribution >= 0.6 is 11.3 Å². The lowest BCUT2D eigenvalue weighted by molar-refractivity contribution is -0.123. The van der Waals surface area contributed by atoms with E-state index in [1.54, 1.807) is 0 Å². The van der Waals surface area contributed by atoms with E-state index < -0.39 is 24.5 Å². The van der Waals surface area contributed by atoms with E-state index in [-0.39, 0.29) is 6.04 Å². The third-order valence-electron chi connectivity index (χ3n) is 5.06. The van der Waals surface area contributed by atoms with E-state index in [2.05, 4.69) is 17.6 Å². The van der Waals surface area contributed by atoms with Crippen LogP contribution in [0.5, 0.6) is 0 Å². The zero-order chi connectivity index (χ0) is 18.5. The summed E-state index contributed by atoms with van der Waals surface area (Å²) in [7, 11) is 0. The highest BCUT2D eigenvalue weighted by atomic mass is 32.1. The molecule has 0 aliphatic heterocycles. The summed E-state index contributed by atoms with van der Waals surface area (Å²) in [4.78, 5) is 37.6. The van der Waals surface area contributed by atoms with Crippen molar-refractivity contribution in [3.63, 3.8) is 0 Å². The molecule has 1 fully saturated rings. The number of carbonyl (C=O) groups excluding carboxylic acids is 3. The van der Waals surface area contributed by atoms with Crippen LogP contribution < -0.4 is 10.6 Å². The Labute approximate surface area is 157 Å². The van der Waals surface area contributed by atoms with Crippen molar-refractivity contribution in [1.29, 1.82) is 0 Å². The second kappa shape index (κ2) is 8.66. The van der Waals surface area contributed by atoms with Gasteiger partial charge in [0.05, 0.1) is 0 Å². The molecule has 6 nitrogen and oxygen atoms in total. The van der Waals surface area contributed by atoms with Gasteiger partial charge in [-0.1, -0.05) is 26.2 Å². The Morgan fingerprint density at radius 3 is 2.73 bits per heavy atom. The number of rotatable bonds is 4. The van der Waals surface area contributed by atoms with Crippen LogP contribution in [0.2, 0.25) is 0 Å². The molecule has 142 valence electrons. The lowest BCUT2D eigenvalue weighted by Gasteiger charge is -2.22. The molecule has 0 bridgehead atoms. The van der Waals surface area contributed by atoms with Crippen LogP contribution in [0.25, 0.3) is 0 Å². The van der Waals surface area contributed by atoms with E-state index in [0.717, 1.165) is 44.9 Å².